The van der Waals surface area contributed by atoms with Crippen molar-refractivity contribution in [2.75, 3.05) is 19.6 Å². The molecular formula is C12H24N2O2. The second-order valence-corrected chi connectivity index (χ2v) is 4.89. The molecule has 4 heteroatoms. The number of carbonyl (C=O) groups excluding carboxylic acids is 1. The maximum atomic E-state index is 11.8. The molecule has 0 radical (unpaired) electrons. The summed E-state index contributed by atoms with van der Waals surface area (Å²) in [6, 6.07) is 0.220. The molecule has 1 saturated heterocycles. The molecule has 1 aliphatic heterocycles. The van der Waals surface area contributed by atoms with Crippen molar-refractivity contribution in [1.82, 2.24) is 10.2 Å². The van der Waals surface area contributed by atoms with Gasteiger partial charge in [-0.2, -0.15) is 0 Å². The van der Waals surface area contributed by atoms with Crippen LogP contribution in [-0.4, -0.2) is 47.2 Å². The third-order valence-corrected chi connectivity index (χ3v) is 3.07. The van der Waals surface area contributed by atoms with E-state index in [4.69, 9.17) is 0 Å². The molecule has 0 aromatic heterocycles. The smallest absolute Gasteiger partial charge is 0.224 e. The van der Waals surface area contributed by atoms with E-state index in [0.29, 0.717) is 19.5 Å². The zero-order valence-electron chi connectivity index (χ0n) is 10.6. The molecule has 1 fully saturated rings. The van der Waals surface area contributed by atoms with Crippen molar-refractivity contribution in [3.8, 4) is 0 Å². The first-order valence-corrected chi connectivity index (χ1v) is 6.24. The van der Waals surface area contributed by atoms with Gasteiger partial charge in [0.1, 0.15) is 0 Å². The molecule has 2 N–H and O–H groups in total. The van der Waals surface area contributed by atoms with Gasteiger partial charge in [0.15, 0.2) is 0 Å². The summed E-state index contributed by atoms with van der Waals surface area (Å²) in [7, 11) is 0. The van der Waals surface area contributed by atoms with Gasteiger partial charge in [0.25, 0.3) is 0 Å². The molecule has 0 aliphatic carbocycles. The average Bonchev–Trinajstić information content (AvgIpc) is 2.14. The molecule has 1 atom stereocenters. The Morgan fingerprint density at radius 2 is 2.12 bits per heavy atom. The number of hydrogen-bond donors (Lipinski definition) is 2. The molecule has 4 nitrogen and oxygen atoms in total. The largest absolute Gasteiger partial charge is 0.386 e. The van der Waals surface area contributed by atoms with E-state index < -0.39 is 5.60 Å². The Kier molecular flexibility index (Phi) is 4.74. The summed E-state index contributed by atoms with van der Waals surface area (Å²) in [5, 5.41) is 13.2. The van der Waals surface area contributed by atoms with Crippen LogP contribution >= 0.6 is 0 Å². The molecule has 1 heterocycles. The van der Waals surface area contributed by atoms with Gasteiger partial charge < -0.3 is 15.3 Å². The minimum absolute atomic E-state index is 0.147. The van der Waals surface area contributed by atoms with Crippen LogP contribution in [0.15, 0.2) is 0 Å². The van der Waals surface area contributed by atoms with Gasteiger partial charge in [-0.25, -0.2) is 0 Å². The van der Waals surface area contributed by atoms with Crippen molar-refractivity contribution >= 4 is 5.91 Å². The molecule has 0 spiro atoms. The van der Waals surface area contributed by atoms with Gasteiger partial charge in [0.2, 0.25) is 5.91 Å². The molecule has 1 rings (SSSR count). The Labute approximate surface area is 98.0 Å². The van der Waals surface area contributed by atoms with E-state index in [0.717, 1.165) is 19.4 Å². The van der Waals surface area contributed by atoms with E-state index in [2.05, 4.69) is 12.2 Å². The van der Waals surface area contributed by atoms with Crippen LogP contribution in [0.4, 0.5) is 0 Å². The fourth-order valence-corrected chi connectivity index (χ4v) is 2.28. The summed E-state index contributed by atoms with van der Waals surface area (Å²) in [6.07, 6.45) is 2.28. The van der Waals surface area contributed by atoms with Crippen LogP contribution in [0.3, 0.4) is 0 Å². The molecule has 94 valence electrons. The number of amides is 1. The molecule has 1 aliphatic rings. The number of rotatable bonds is 6. The summed E-state index contributed by atoms with van der Waals surface area (Å²) in [4.78, 5) is 13.5. The Bertz CT molecular complexity index is 237. The standard InChI is InChI=1S/C12H24N2O2/c1-4-6-12(16)8-14(9-12)11(15)7-10(3)13-5-2/h10,13,16H,4-9H2,1-3H3. The Hall–Kier alpha value is -0.610. The molecule has 0 saturated carbocycles. The monoisotopic (exact) mass is 228 g/mol. The van der Waals surface area contributed by atoms with Gasteiger partial charge in [-0.1, -0.05) is 20.3 Å². The molecule has 1 unspecified atom stereocenters. The van der Waals surface area contributed by atoms with Crippen molar-refractivity contribution in [2.45, 2.75) is 51.7 Å². The van der Waals surface area contributed by atoms with Crippen molar-refractivity contribution < 1.29 is 9.90 Å². The molecule has 0 aromatic rings. The number of hydrogen-bond acceptors (Lipinski definition) is 3. The van der Waals surface area contributed by atoms with E-state index >= 15 is 0 Å². The first-order valence-electron chi connectivity index (χ1n) is 6.24. The lowest BCUT2D eigenvalue weighted by atomic mass is 9.89. The summed E-state index contributed by atoms with van der Waals surface area (Å²) in [5.41, 5.74) is -0.605. The highest BCUT2D eigenvalue weighted by Crippen LogP contribution is 2.26. The highest BCUT2D eigenvalue weighted by molar-refractivity contribution is 5.78. The summed E-state index contributed by atoms with van der Waals surface area (Å²) in [6.45, 7) is 8.00. The maximum Gasteiger partial charge on any atom is 0.224 e. The number of likely N-dealkylation sites (tertiary alicyclic amines) is 1. The number of carbonyl (C=O) groups is 1. The van der Waals surface area contributed by atoms with E-state index in [1.165, 1.54) is 0 Å². The van der Waals surface area contributed by atoms with Gasteiger partial charge in [0.05, 0.1) is 18.7 Å². The molecule has 0 bridgehead atoms. The predicted molar refractivity (Wildman–Crippen MR) is 64.2 cm³/mol. The summed E-state index contributed by atoms with van der Waals surface area (Å²) >= 11 is 0. The van der Waals surface area contributed by atoms with Crippen LogP contribution in [-0.2, 0) is 4.79 Å². The molecule has 1 amide bonds. The zero-order chi connectivity index (χ0) is 12.2. The number of β-amino-alcohol motifs (C(OH)–C–C–N with tert-alkyl or cyclic N) is 1. The van der Waals surface area contributed by atoms with Crippen molar-refractivity contribution in [1.29, 1.82) is 0 Å². The van der Waals surface area contributed by atoms with Gasteiger partial charge in [0, 0.05) is 12.5 Å². The minimum atomic E-state index is -0.605. The minimum Gasteiger partial charge on any atom is -0.386 e. The summed E-state index contributed by atoms with van der Waals surface area (Å²) in [5.74, 6) is 0.147. The zero-order valence-corrected chi connectivity index (χ0v) is 10.6. The van der Waals surface area contributed by atoms with Gasteiger partial charge in [-0.05, 0) is 19.9 Å². The number of nitrogens with zero attached hydrogens (tertiary/aromatic N) is 1. The molecular weight excluding hydrogens is 204 g/mol. The van der Waals surface area contributed by atoms with Gasteiger partial charge in [-0.3, -0.25) is 4.79 Å². The Morgan fingerprint density at radius 1 is 1.50 bits per heavy atom. The third kappa shape index (κ3) is 3.46. The first kappa shape index (κ1) is 13.5. The van der Waals surface area contributed by atoms with Crippen LogP contribution in [0, 0.1) is 0 Å². The first-order chi connectivity index (χ1) is 7.50. The van der Waals surface area contributed by atoms with Crippen molar-refractivity contribution in [2.24, 2.45) is 0 Å². The average molecular weight is 228 g/mol. The predicted octanol–water partition coefficient (Wildman–Crippen LogP) is 0.748. The SMILES string of the molecule is CCCC1(O)CN(C(=O)CC(C)NCC)C1. The molecule has 0 aromatic carbocycles. The van der Waals surface area contributed by atoms with Crippen molar-refractivity contribution in [3.63, 3.8) is 0 Å². The Morgan fingerprint density at radius 3 is 2.62 bits per heavy atom. The van der Waals surface area contributed by atoms with Crippen molar-refractivity contribution in [3.05, 3.63) is 0 Å². The normalized spacial score (nSPS) is 20.4. The van der Waals surface area contributed by atoms with Crippen LogP contribution in [0.25, 0.3) is 0 Å². The van der Waals surface area contributed by atoms with Gasteiger partial charge >= 0.3 is 0 Å². The fourth-order valence-electron chi connectivity index (χ4n) is 2.28. The quantitative estimate of drug-likeness (QED) is 0.705. The second kappa shape index (κ2) is 5.64. The lowest BCUT2D eigenvalue weighted by molar-refractivity contribution is -0.156. The third-order valence-electron chi connectivity index (χ3n) is 3.07. The fraction of sp³-hybridized carbons (Fsp3) is 0.917. The van der Waals surface area contributed by atoms with Crippen LogP contribution < -0.4 is 5.32 Å². The summed E-state index contributed by atoms with van der Waals surface area (Å²) < 4.78 is 0. The number of aliphatic hydroxyl groups is 1. The van der Waals surface area contributed by atoms with E-state index in [-0.39, 0.29) is 11.9 Å². The van der Waals surface area contributed by atoms with Crippen LogP contribution in [0.5, 0.6) is 0 Å². The lowest BCUT2D eigenvalue weighted by Crippen LogP contribution is -2.63. The molecule has 16 heavy (non-hydrogen) atoms. The van der Waals surface area contributed by atoms with E-state index in [1.807, 2.05) is 13.8 Å². The number of nitrogens with one attached hydrogen (secondary N) is 1. The highest BCUT2D eigenvalue weighted by Gasteiger charge is 2.42. The topological polar surface area (TPSA) is 52.6 Å². The Balaban J connectivity index is 2.26. The van der Waals surface area contributed by atoms with Gasteiger partial charge in [-0.15, -0.1) is 0 Å². The van der Waals surface area contributed by atoms with E-state index in [1.54, 1.807) is 4.90 Å². The van der Waals surface area contributed by atoms with Crippen LogP contribution in [0.2, 0.25) is 0 Å². The second-order valence-electron chi connectivity index (χ2n) is 4.89. The lowest BCUT2D eigenvalue weighted by Gasteiger charge is -2.46. The highest BCUT2D eigenvalue weighted by atomic mass is 16.3. The van der Waals surface area contributed by atoms with Crippen LogP contribution in [0.1, 0.15) is 40.0 Å². The maximum absolute atomic E-state index is 11.8. The van der Waals surface area contributed by atoms with E-state index in [9.17, 15) is 9.90 Å².